The number of rotatable bonds is 7. The molecule has 1 amide bonds. The molecule has 2 aliphatic carbocycles. The average Bonchev–Trinajstić information content (AvgIpc) is 3.08. The maximum absolute atomic E-state index is 13.9. The molecule has 6 rings (SSSR count). The molecule has 14 nitrogen and oxygen atoms in total. The molecule has 0 bridgehead atoms. The van der Waals surface area contributed by atoms with Crippen molar-refractivity contribution in [2.24, 2.45) is 10.8 Å². The summed E-state index contributed by atoms with van der Waals surface area (Å²) in [6.07, 6.45) is -5.31. The summed E-state index contributed by atoms with van der Waals surface area (Å²) in [7, 11) is 1.32. The van der Waals surface area contributed by atoms with Crippen LogP contribution >= 0.6 is 23.2 Å². The third-order valence-electron chi connectivity index (χ3n) is 9.30. The number of nitrogens with two attached hydrogens (primary N) is 1. The van der Waals surface area contributed by atoms with Gasteiger partial charge in [0.2, 0.25) is 5.78 Å². The number of carbonyl (C=O) groups excluding carboxylic acids is 3. The number of carbonyl (C=O) groups is 3. The Bertz CT molecular complexity index is 1940. The van der Waals surface area contributed by atoms with Crippen LogP contribution in [-0.4, -0.2) is 92.6 Å². The van der Waals surface area contributed by atoms with Crippen molar-refractivity contribution >= 4 is 46.4 Å². The Labute approximate surface area is 295 Å². The first-order chi connectivity index (χ1) is 23.7. The zero-order valence-corrected chi connectivity index (χ0v) is 28.2. The van der Waals surface area contributed by atoms with Crippen LogP contribution in [0.3, 0.4) is 0 Å². The number of methoxy groups -OCH3 is 1. The third-order valence-corrected chi connectivity index (χ3v) is 10.0. The normalized spacial score (nSPS) is 26.2. The Morgan fingerprint density at radius 2 is 1.82 bits per heavy atom. The number of aromatic hydroxyl groups is 2. The molecule has 0 unspecified atom stereocenters. The first-order valence-electron chi connectivity index (χ1n) is 15.5. The first-order valence-corrected chi connectivity index (χ1v) is 16.2. The molecule has 264 valence electrons. The molecule has 0 aromatic heterocycles. The second-order valence-electron chi connectivity index (χ2n) is 12.4. The number of amides is 1. The number of halogens is 2. The third kappa shape index (κ3) is 6.01. The number of fused-ring (bicyclic) bond motifs is 3. The molecule has 1 fully saturated rings. The number of aliphatic hydroxyl groups excluding tert-OH is 2. The summed E-state index contributed by atoms with van der Waals surface area (Å²) in [4.78, 5) is 40.7. The number of ketones is 2. The number of hydrogen-bond donors (Lipinski definition) is 7. The van der Waals surface area contributed by atoms with Gasteiger partial charge in [0.25, 0.3) is 5.91 Å². The predicted molar refractivity (Wildman–Crippen MR) is 178 cm³/mol. The van der Waals surface area contributed by atoms with Gasteiger partial charge in [-0.1, -0.05) is 35.3 Å². The van der Waals surface area contributed by atoms with E-state index in [0.29, 0.717) is 0 Å². The van der Waals surface area contributed by atoms with E-state index in [9.17, 15) is 39.9 Å². The second-order valence-corrected chi connectivity index (χ2v) is 13.2. The number of hydrazone groups is 1. The number of phenolic OH excluding ortho intramolecular Hbond substituents is 2. The lowest BCUT2D eigenvalue weighted by Gasteiger charge is -2.43. The van der Waals surface area contributed by atoms with Crippen molar-refractivity contribution in [3.63, 3.8) is 0 Å². The van der Waals surface area contributed by atoms with Crippen molar-refractivity contribution < 1.29 is 54.1 Å². The van der Waals surface area contributed by atoms with E-state index in [1.165, 1.54) is 43.5 Å². The molecule has 16 heteroatoms. The fraction of sp³-hybridized carbons (Fsp3) is 0.353. The average molecular weight is 731 g/mol. The number of phenols is 2. The van der Waals surface area contributed by atoms with Crippen LogP contribution in [0.4, 0.5) is 0 Å². The fourth-order valence-electron chi connectivity index (χ4n) is 6.72. The Balaban J connectivity index is 1.46. The van der Waals surface area contributed by atoms with Crippen LogP contribution in [0.25, 0.3) is 0 Å². The van der Waals surface area contributed by atoms with Crippen LogP contribution in [0.1, 0.15) is 79.2 Å². The number of nitrogens with one attached hydrogen (secondary N) is 1. The lowest BCUT2D eigenvalue weighted by atomic mass is 9.71. The van der Waals surface area contributed by atoms with E-state index < -0.39 is 95.8 Å². The standard InChI is InChI=1S/C34H33Cl2N3O11/c1-13-28(41)19(37)9-23(49-13)50-21-11-34(47,22(12-40)38-39-33(46)14-6-7-17(35)18(36)8-14)10-16-25(21)32(45)27-26(30(16)43)29(42)15-4-3-5-20(48-2)24(15)31(27)44/h3-8,13,19,21,23,28,40-41,43,45,47H,9-12,37H2,1-2H3,(H,39,46)/b38-22+/t13-,19-,21+,23-,28+,34+/m1/s1. The Morgan fingerprint density at radius 1 is 1.10 bits per heavy atom. The summed E-state index contributed by atoms with van der Waals surface area (Å²) < 4.78 is 17.4. The molecule has 50 heavy (non-hydrogen) atoms. The predicted octanol–water partition coefficient (Wildman–Crippen LogP) is 2.52. The second kappa shape index (κ2) is 13.5. The Kier molecular flexibility index (Phi) is 9.67. The van der Waals surface area contributed by atoms with Crippen molar-refractivity contribution in [1.82, 2.24) is 5.43 Å². The van der Waals surface area contributed by atoms with Gasteiger partial charge in [-0.25, -0.2) is 5.43 Å². The number of benzene rings is 3. The van der Waals surface area contributed by atoms with Crippen molar-refractivity contribution in [1.29, 1.82) is 0 Å². The van der Waals surface area contributed by atoms with Gasteiger partial charge in [-0.3, -0.25) is 14.4 Å². The van der Waals surface area contributed by atoms with Crippen LogP contribution in [0.5, 0.6) is 17.2 Å². The van der Waals surface area contributed by atoms with Gasteiger partial charge in [0, 0.05) is 47.6 Å². The SMILES string of the molecule is COc1cccc2c1C(=O)c1c(O)c3c(c(O)c1C2=O)C[C@@](O)(/C(CO)=N/NC(=O)c1ccc(Cl)c(Cl)c1)C[C@@H]3O[C@@H]1C[C@@H](N)[C@@H](O)[C@@H](C)O1. The van der Waals surface area contributed by atoms with E-state index in [0.717, 1.165) is 0 Å². The summed E-state index contributed by atoms with van der Waals surface area (Å²) in [5, 5.41) is 60.7. The van der Waals surface area contributed by atoms with Crippen molar-refractivity contribution in [2.75, 3.05) is 13.7 Å². The van der Waals surface area contributed by atoms with Crippen LogP contribution in [-0.2, 0) is 15.9 Å². The molecule has 3 aliphatic rings. The summed E-state index contributed by atoms with van der Waals surface area (Å²) in [5.41, 5.74) is 4.41. The van der Waals surface area contributed by atoms with Gasteiger partial charge in [0.15, 0.2) is 12.1 Å². The van der Waals surface area contributed by atoms with Gasteiger partial charge in [0.1, 0.15) is 22.8 Å². The minimum atomic E-state index is -2.18. The fourth-order valence-corrected chi connectivity index (χ4v) is 7.02. The number of hydrogen-bond acceptors (Lipinski definition) is 13. The molecular weight excluding hydrogens is 697 g/mol. The van der Waals surface area contributed by atoms with E-state index in [2.05, 4.69) is 10.5 Å². The molecule has 6 atom stereocenters. The van der Waals surface area contributed by atoms with E-state index in [1.54, 1.807) is 6.92 Å². The summed E-state index contributed by atoms with van der Waals surface area (Å²) >= 11 is 12.0. The molecule has 3 aromatic rings. The molecule has 0 spiro atoms. The number of nitrogens with zero attached hydrogens (tertiary/aromatic N) is 1. The van der Waals surface area contributed by atoms with Gasteiger partial charge >= 0.3 is 0 Å². The minimum Gasteiger partial charge on any atom is -0.507 e. The highest BCUT2D eigenvalue weighted by Gasteiger charge is 2.49. The van der Waals surface area contributed by atoms with Gasteiger partial charge < -0.3 is 45.5 Å². The molecule has 1 heterocycles. The Hall–Kier alpha value is -4.12. The van der Waals surface area contributed by atoms with E-state index in [4.69, 9.17) is 43.1 Å². The van der Waals surface area contributed by atoms with Crippen LogP contribution in [0.15, 0.2) is 41.5 Å². The molecule has 0 saturated carbocycles. The molecule has 1 saturated heterocycles. The highest BCUT2D eigenvalue weighted by atomic mass is 35.5. The number of aliphatic hydroxyl groups is 3. The van der Waals surface area contributed by atoms with E-state index in [1.807, 2.05) is 0 Å². The minimum absolute atomic E-state index is 0.0178. The Morgan fingerprint density at radius 3 is 2.48 bits per heavy atom. The molecule has 8 N–H and O–H groups in total. The lowest BCUT2D eigenvalue weighted by molar-refractivity contribution is -0.245. The van der Waals surface area contributed by atoms with Crippen LogP contribution in [0.2, 0.25) is 10.0 Å². The monoisotopic (exact) mass is 729 g/mol. The summed E-state index contributed by atoms with van der Waals surface area (Å²) in [6.45, 7) is 0.684. The maximum Gasteiger partial charge on any atom is 0.271 e. The highest BCUT2D eigenvalue weighted by Crippen LogP contribution is 2.52. The van der Waals surface area contributed by atoms with E-state index >= 15 is 0 Å². The van der Waals surface area contributed by atoms with Crippen molar-refractivity contribution in [3.05, 3.63) is 85.4 Å². The smallest absolute Gasteiger partial charge is 0.271 e. The topological polar surface area (TPSA) is 230 Å². The molecule has 0 radical (unpaired) electrons. The molecule has 1 aliphatic heterocycles. The summed E-state index contributed by atoms with van der Waals surface area (Å²) in [5.74, 6) is -3.66. The zero-order valence-electron chi connectivity index (χ0n) is 26.6. The van der Waals surface area contributed by atoms with Gasteiger partial charge in [-0.05, 0) is 31.2 Å². The van der Waals surface area contributed by atoms with Crippen molar-refractivity contribution in [2.45, 2.75) is 62.4 Å². The van der Waals surface area contributed by atoms with Crippen molar-refractivity contribution in [3.8, 4) is 17.2 Å². The molecular formula is C34H33Cl2N3O11. The highest BCUT2D eigenvalue weighted by molar-refractivity contribution is 6.42. The quantitative estimate of drug-likeness (QED) is 0.0827. The van der Waals surface area contributed by atoms with Crippen LogP contribution in [0, 0.1) is 0 Å². The maximum atomic E-state index is 13.9. The van der Waals surface area contributed by atoms with Gasteiger partial charge in [-0.15, -0.1) is 0 Å². The zero-order chi connectivity index (χ0) is 36.2. The van der Waals surface area contributed by atoms with Crippen LogP contribution < -0.4 is 15.9 Å². The van der Waals surface area contributed by atoms with E-state index in [-0.39, 0.29) is 55.7 Å². The first kappa shape index (κ1) is 35.7. The number of ether oxygens (including phenoxy) is 3. The lowest BCUT2D eigenvalue weighted by Crippen LogP contribution is -2.53. The van der Waals surface area contributed by atoms with Gasteiger partial charge in [-0.2, -0.15) is 5.10 Å². The molecule has 3 aromatic carbocycles. The largest absolute Gasteiger partial charge is 0.507 e. The van der Waals surface area contributed by atoms with Gasteiger partial charge in [0.05, 0.1) is 64.5 Å². The summed E-state index contributed by atoms with van der Waals surface area (Å²) in [6, 6.07) is 7.66.